The van der Waals surface area contributed by atoms with Gasteiger partial charge in [-0.15, -0.1) is 0 Å². The van der Waals surface area contributed by atoms with E-state index in [2.05, 4.69) is 37.3 Å². The topological polar surface area (TPSA) is 53.3 Å². The van der Waals surface area contributed by atoms with E-state index in [9.17, 15) is 10.1 Å². The van der Waals surface area contributed by atoms with Gasteiger partial charge in [0.05, 0.1) is 12.1 Å². The van der Waals surface area contributed by atoms with Crippen LogP contribution in [0.15, 0.2) is 35.9 Å². The van der Waals surface area contributed by atoms with Crippen LogP contribution in [0.25, 0.3) is 0 Å². The molecule has 134 valence electrons. The van der Waals surface area contributed by atoms with Crippen molar-refractivity contribution in [2.45, 2.75) is 52.2 Å². The first-order valence-electron chi connectivity index (χ1n) is 8.97. The van der Waals surface area contributed by atoms with E-state index in [1.54, 1.807) is 13.2 Å². The van der Waals surface area contributed by atoms with Crippen LogP contribution in [-0.2, 0) is 16.0 Å². The number of carbonyl (C=O) groups is 1. The number of allylic oxidation sites excluding steroid dienone is 1. The lowest BCUT2D eigenvalue weighted by atomic mass is 9.91. The maximum absolute atomic E-state index is 13.0. The Morgan fingerprint density at radius 3 is 2.64 bits per heavy atom. The third-order valence-electron chi connectivity index (χ3n) is 4.70. The number of hydrogen-bond acceptors (Lipinski definition) is 3. The Balaban J connectivity index is 2.28. The summed E-state index contributed by atoms with van der Waals surface area (Å²) in [5, 5.41) is 9.41. The number of methoxy groups -OCH3 is 1. The monoisotopic (exact) mass is 340 g/mol. The molecule has 1 heterocycles. The van der Waals surface area contributed by atoms with Crippen LogP contribution < -0.4 is 0 Å². The second kappa shape index (κ2) is 8.82. The van der Waals surface area contributed by atoms with Crippen molar-refractivity contribution in [3.63, 3.8) is 0 Å². The number of nitriles is 1. The Kier molecular flexibility index (Phi) is 6.78. The standard InChI is InChI=1S/C21H28N2O2/c1-15(2)12-18(14-22)21(24)23-11-5-6-20(25-4)19(23)13-17-9-7-16(3)8-10-17/h7-10,12,15,19-20H,5-6,11,13H2,1-4H3/t19-,20-/m0/s1. The Labute approximate surface area is 151 Å². The van der Waals surface area contributed by atoms with Gasteiger partial charge in [0.25, 0.3) is 5.91 Å². The van der Waals surface area contributed by atoms with Crippen LogP contribution in [0.5, 0.6) is 0 Å². The number of aryl methyl sites for hydroxylation is 1. The zero-order valence-electron chi connectivity index (χ0n) is 15.7. The highest BCUT2D eigenvalue weighted by molar-refractivity contribution is 5.97. The number of rotatable bonds is 5. The smallest absolute Gasteiger partial charge is 0.264 e. The van der Waals surface area contributed by atoms with Gasteiger partial charge >= 0.3 is 0 Å². The fraction of sp³-hybridized carbons (Fsp3) is 0.524. The van der Waals surface area contributed by atoms with Crippen molar-refractivity contribution in [2.24, 2.45) is 5.92 Å². The minimum absolute atomic E-state index is 0.00186. The number of carbonyl (C=O) groups excluding carboxylic acids is 1. The van der Waals surface area contributed by atoms with Gasteiger partial charge in [-0.3, -0.25) is 4.79 Å². The summed E-state index contributed by atoms with van der Waals surface area (Å²) in [6.07, 6.45) is 4.33. The molecule has 0 radical (unpaired) electrons. The molecule has 2 atom stereocenters. The zero-order valence-corrected chi connectivity index (χ0v) is 15.7. The van der Waals surface area contributed by atoms with Gasteiger partial charge in [-0.25, -0.2) is 0 Å². The van der Waals surface area contributed by atoms with Gasteiger partial charge in [-0.05, 0) is 37.7 Å². The largest absolute Gasteiger partial charge is 0.379 e. The Morgan fingerprint density at radius 1 is 1.40 bits per heavy atom. The van der Waals surface area contributed by atoms with Crippen molar-refractivity contribution in [3.05, 3.63) is 47.0 Å². The minimum Gasteiger partial charge on any atom is -0.379 e. The van der Waals surface area contributed by atoms with E-state index >= 15 is 0 Å². The van der Waals surface area contributed by atoms with Crippen molar-refractivity contribution >= 4 is 5.91 Å². The lowest BCUT2D eigenvalue weighted by Gasteiger charge is -2.40. The lowest BCUT2D eigenvalue weighted by molar-refractivity contribution is -0.135. The summed E-state index contributed by atoms with van der Waals surface area (Å²) in [6.45, 7) is 6.69. The lowest BCUT2D eigenvalue weighted by Crippen LogP contribution is -2.53. The molecule has 2 rings (SSSR count). The van der Waals surface area contributed by atoms with E-state index in [0.29, 0.717) is 6.54 Å². The number of piperidine rings is 1. The van der Waals surface area contributed by atoms with Crippen molar-refractivity contribution in [1.29, 1.82) is 5.26 Å². The SMILES string of the molecule is CO[C@H]1CCCN(C(=O)C(C#N)=CC(C)C)[C@H]1Cc1ccc(C)cc1. The molecule has 0 saturated carbocycles. The molecule has 1 aliphatic heterocycles. The van der Waals surface area contributed by atoms with Crippen LogP contribution in [0.4, 0.5) is 0 Å². The average Bonchev–Trinajstić information content (AvgIpc) is 2.61. The van der Waals surface area contributed by atoms with Crippen LogP contribution in [-0.4, -0.2) is 36.6 Å². The van der Waals surface area contributed by atoms with E-state index in [4.69, 9.17) is 4.74 Å². The molecule has 1 aromatic carbocycles. The van der Waals surface area contributed by atoms with Crippen LogP contribution >= 0.6 is 0 Å². The molecular formula is C21H28N2O2. The third kappa shape index (κ3) is 4.93. The number of ether oxygens (including phenoxy) is 1. The van der Waals surface area contributed by atoms with Gasteiger partial charge < -0.3 is 9.64 Å². The molecule has 4 heteroatoms. The molecule has 0 aromatic heterocycles. The predicted molar refractivity (Wildman–Crippen MR) is 98.9 cm³/mol. The van der Waals surface area contributed by atoms with E-state index < -0.39 is 0 Å². The van der Waals surface area contributed by atoms with Gasteiger partial charge in [0, 0.05) is 13.7 Å². The van der Waals surface area contributed by atoms with Crippen molar-refractivity contribution in [2.75, 3.05) is 13.7 Å². The zero-order chi connectivity index (χ0) is 18.4. The molecule has 1 saturated heterocycles. The molecule has 0 N–H and O–H groups in total. The highest BCUT2D eigenvalue weighted by Gasteiger charge is 2.35. The van der Waals surface area contributed by atoms with Crippen LogP contribution in [0.3, 0.4) is 0 Å². The second-order valence-corrected chi connectivity index (χ2v) is 7.11. The summed E-state index contributed by atoms with van der Waals surface area (Å²) in [5.74, 6) is -0.00720. The third-order valence-corrected chi connectivity index (χ3v) is 4.70. The van der Waals surface area contributed by atoms with Gasteiger partial charge in [0.2, 0.25) is 0 Å². The first kappa shape index (κ1) is 19.2. The van der Waals surface area contributed by atoms with E-state index in [1.165, 1.54) is 11.1 Å². The minimum atomic E-state index is -0.171. The number of hydrogen-bond donors (Lipinski definition) is 0. The maximum atomic E-state index is 13.0. The van der Waals surface area contributed by atoms with Crippen LogP contribution in [0, 0.1) is 24.2 Å². The van der Waals surface area contributed by atoms with Gasteiger partial charge in [-0.1, -0.05) is 49.8 Å². The second-order valence-electron chi connectivity index (χ2n) is 7.11. The fourth-order valence-electron chi connectivity index (χ4n) is 3.40. The summed E-state index contributed by atoms with van der Waals surface area (Å²) in [4.78, 5) is 14.8. The average molecular weight is 340 g/mol. The molecule has 1 aromatic rings. The molecule has 0 spiro atoms. The Bertz CT molecular complexity index is 655. The van der Waals surface area contributed by atoms with Gasteiger partial charge in [0.15, 0.2) is 0 Å². The maximum Gasteiger partial charge on any atom is 0.264 e. The quantitative estimate of drug-likeness (QED) is 0.607. The number of nitrogens with zero attached hydrogens (tertiary/aromatic N) is 2. The van der Waals surface area contributed by atoms with Crippen LogP contribution in [0.1, 0.15) is 37.8 Å². The van der Waals surface area contributed by atoms with Crippen molar-refractivity contribution in [3.8, 4) is 6.07 Å². The summed E-state index contributed by atoms with van der Waals surface area (Å²) in [5.41, 5.74) is 2.64. The van der Waals surface area contributed by atoms with Crippen LogP contribution in [0.2, 0.25) is 0 Å². The number of likely N-dealkylation sites (tertiary alicyclic amines) is 1. The molecule has 1 aliphatic rings. The highest BCUT2D eigenvalue weighted by atomic mass is 16.5. The predicted octanol–water partition coefficient (Wildman–Crippen LogP) is 3.65. The molecule has 1 amide bonds. The summed E-state index contributed by atoms with van der Waals surface area (Å²) < 4.78 is 5.68. The van der Waals surface area contributed by atoms with Gasteiger partial charge in [-0.2, -0.15) is 5.26 Å². The normalized spacial score (nSPS) is 21.3. The van der Waals surface area contributed by atoms with Crippen molar-refractivity contribution in [1.82, 2.24) is 4.90 Å². The summed E-state index contributed by atoms with van der Waals surface area (Å²) in [6, 6.07) is 10.4. The summed E-state index contributed by atoms with van der Waals surface area (Å²) in [7, 11) is 1.70. The highest BCUT2D eigenvalue weighted by Crippen LogP contribution is 2.25. The van der Waals surface area contributed by atoms with E-state index in [1.807, 2.05) is 18.7 Å². The van der Waals surface area contributed by atoms with Gasteiger partial charge in [0.1, 0.15) is 11.6 Å². The Morgan fingerprint density at radius 2 is 2.08 bits per heavy atom. The molecule has 0 aliphatic carbocycles. The fourth-order valence-corrected chi connectivity index (χ4v) is 3.40. The Hall–Kier alpha value is -2.12. The molecular weight excluding hydrogens is 312 g/mol. The molecule has 25 heavy (non-hydrogen) atoms. The molecule has 0 unspecified atom stereocenters. The molecule has 0 bridgehead atoms. The summed E-state index contributed by atoms with van der Waals surface area (Å²) >= 11 is 0. The van der Waals surface area contributed by atoms with E-state index in [-0.39, 0.29) is 29.5 Å². The molecule has 4 nitrogen and oxygen atoms in total. The number of benzene rings is 1. The first-order valence-corrected chi connectivity index (χ1v) is 8.97. The first-order chi connectivity index (χ1) is 12.0. The molecule has 1 fully saturated rings. The van der Waals surface area contributed by atoms with Crippen molar-refractivity contribution < 1.29 is 9.53 Å². The number of amides is 1. The van der Waals surface area contributed by atoms with E-state index in [0.717, 1.165) is 19.3 Å².